The second-order valence-corrected chi connectivity index (χ2v) is 5.32. The van der Waals surface area contributed by atoms with Gasteiger partial charge in [0, 0.05) is 18.4 Å². The Balaban J connectivity index is 1.76. The van der Waals surface area contributed by atoms with Crippen LogP contribution in [0.4, 0.5) is 0 Å². The summed E-state index contributed by atoms with van der Waals surface area (Å²) >= 11 is 0. The molecular formula is C16H21NO3. The highest BCUT2D eigenvalue weighted by Crippen LogP contribution is 2.18. The minimum absolute atomic E-state index is 0.0232. The molecule has 4 heteroatoms. The van der Waals surface area contributed by atoms with Gasteiger partial charge in [-0.1, -0.05) is 43.2 Å². The van der Waals surface area contributed by atoms with Crippen molar-refractivity contribution in [3.63, 3.8) is 0 Å². The summed E-state index contributed by atoms with van der Waals surface area (Å²) in [6.45, 7) is 0. The highest BCUT2D eigenvalue weighted by atomic mass is 16.3. The van der Waals surface area contributed by atoms with Crippen LogP contribution in [-0.2, 0) is 4.79 Å². The number of rotatable bonds is 5. The quantitative estimate of drug-likeness (QED) is 0.808. The zero-order valence-electron chi connectivity index (χ0n) is 11.5. The number of amides is 1. The van der Waals surface area contributed by atoms with Crippen LogP contribution in [0, 0.1) is 0 Å². The standard InChI is InChI=1S/C16H21NO3/c18-14(12-6-2-1-3-7-12)10-11-16(20)17-13-8-4-5-9-15(13)19/h1-3,6-7,13,15,19H,4-5,8-11H2,(H,17,20). The van der Waals surface area contributed by atoms with E-state index in [1.54, 1.807) is 12.1 Å². The van der Waals surface area contributed by atoms with Crippen molar-refractivity contribution in [2.24, 2.45) is 0 Å². The molecular weight excluding hydrogens is 254 g/mol. The van der Waals surface area contributed by atoms with Gasteiger partial charge in [-0.15, -0.1) is 0 Å². The van der Waals surface area contributed by atoms with Gasteiger partial charge < -0.3 is 10.4 Å². The normalized spacial score (nSPS) is 22.2. The van der Waals surface area contributed by atoms with E-state index in [1.165, 1.54) is 0 Å². The van der Waals surface area contributed by atoms with Gasteiger partial charge in [0.05, 0.1) is 12.1 Å². The SMILES string of the molecule is O=C(CCC(=O)c1ccccc1)NC1CCCCC1O. The number of aliphatic hydroxyl groups excluding tert-OH is 1. The maximum Gasteiger partial charge on any atom is 0.220 e. The molecule has 0 heterocycles. The fraction of sp³-hybridized carbons (Fsp3) is 0.500. The van der Waals surface area contributed by atoms with Gasteiger partial charge in [-0.25, -0.2) is 0 Å². The molecule has 0 spiro atoms. The molecule has 108 valence electrons. The van der Waals surface area contributed by atoms with Crippen molar-refractivity contribution in [1.82, 2.24) is 5.32 Å². The first-order valence-corrected chi connectivity index (χ1v) is 7.22. The molecule has 2 atom stereocenters. The van der Waals surface area contributed by atoms with Gasteiger partial charge in [0.15, 0.2) is 5.78 Å². The number of hydrogen-bond acceptors (Lipinski definition) is 3. The lowest BCUT2D eigenvalue weighted by molar-refractivity contribution is -0.123. The van der Waals surface area contributed by atoms with Crippen molar-refractivity contribution in [3.8, 4) is 0 Å². The lowest BCUT2D eigenvalue weighted by Crippen LogP contribution is -2.45. The van der Waals surface area contributed by atoms with Crippen molar-refractivity contribution in [2.75, 3.05) is 0 Å². The Kier molecular flexibility index (Phi) is 5.30. The third-order valence-corrected chi connectivity index (χ3v) is 3.75. The van der Waals surface area contributed by atoms with E-state index in [9.17, 15) is 14.7 Å². The summed E-state index contributed by atoms with van der Waals surface area (Å²) in [6, 6.07) is 8.84. The summed E-state index contributed by atoms with van der Waals surface area (Å²) in [5.41, 5.74) is 0.637. The summed E-state index contributed by atoms with van der Waals surface area (Å²) in [5, 5.41) is 12.6. The van der Waals surface area contributed by atoms with Crippen LogP contribution in [-0.4, -0.2) is 28.9 Å². The van der Waals surface area contributed by atoms with E-state index in [0.29, 0.717) is 5.56 Å². The minimum Gasteiger partial charge on any atom is -0.391 e. The van der Waals surface area contributed by atoms with Gasteiger partial charge in [-0.05, 0) is 12.8 Å². The van der Waals surface area contributed by atoms with Crippen LogP contribution < -0.4 is 5.32 Å². The molecule has 0 radical (unpaired) electrons. The number of aliphatic hydroxyl groups is 1. The number of benzene rings is 1. The molecule has 0 saturated heterocycles. The number of nitrogens with one attached hydrogen (secondary N) is 1. The average molecular weight is 275 g/mol. The van der Waals surface area contributed by atoms with Crippen LogP contribution >= 0.6 is 0 Å². The van der Waals surface area contributed by atoms with Crippen molar-refractivity contribution >= 4 is 11.7 Å². The second-order valence-electron chi connectivity index (χ2n) is 5.32. The maximum absolute atomic E-state index is 11.9. The number of Topliss-reactive ketones (excluding diaryl/α,β-unsaturated/α-hetero) is 1. The Morgan fingerprint density at radius 1 is 1.10 bits per heavy atom. The second kappa shape index (κ2) is 7.20. The summed E-state index contributed by atoms with van der Waals surface area (Å²) in [4.78, 5) is 23.7. The molecule has 0 aliphatic heterocycles. The highest BCUT2D eigenvalue weighted by Gasteiger charge is 2.24. The van der Waals surface area contributed by atoms with Crippen LogP contribution in [0.3, 0.4) is 0 Å². The van der Waals surface area contributed by atoms with E-state index in [4.69, 9.17) is 0 Å². The molecule has 20 heavy (non-hydrogen) atoms. The highest BCUT2D eigenvalue weighted by molar-refractivity contribution is 5.97. The Morgan fingerprint density at radius 2 is 1.80 bits per heavy atom. The van der Waals surface area contributed by atoms with E-state index < -0.39 is 6.10 Å². The number of carbonyl (C=O) groups excluding carboxylic acids is 2. The largest absolute Gasteiger partial charge is 0.391 e. The molecule has 4 nitrogen and oxygen atoms in total. The van der Waals surface area contributed by atoms with E-state index >= 15 is 0 Å². The van der Waals surface area contributed by atoms with E-state index in [2.05, 4.69) is 5.32 Å². The third kappa shape index (κ3) is 4.17. The molecule has 1 aliphatic carbocycles. The molecule has 2 rings (SSSR count). The molecule has 1 aliphatic rings. The third-order valence-electron chi connectivity index (χ3n) is 3.75. The zero-order valence-corrected chi connectivity index (χ0v) is 11.5. The van der Waals surface area contributed by atoms with Crippen LogP contribution in [0.1, 0.15) is 48.9 Å². The lowest BCUT2D eigenvalue weighted by Gasteiger charge is -2.28. The molecule has 2 unspecified atom stereocenters. The molecule has 1 amide bonds. The van der Waals surface area contributed by atoms with Gasteiger partial charge in [0.25, 0.3) is 0 Å². The molecule has 1 aromatic carbocycles. The smallest absolute Gasteiger partial charge is 0.220 e. The molecule has 0 aromatic heterocycles. The Bertz CT molecular complexity index is 458. The fourth-order valence-corrected chi connectivity index (χ4v) is 2.55. The van der Waals surface area contributed by atoms with Crippen LogP contribution in [0.5, 0.6) is 0 Å². The number of hydrogen-bond donors (Lipinski definition) is 2. The topological polar surface area (TPSA) is 66.4 Å². The van der Waals surface area contributed by atoms with E-state index in [0.717, 1.165) is 25.7 Å². The van der Waals surface area contributed by atoms with Crippen LogP contribution in [0.15, 0.2) is 30.3 Å². The van der Waals surface area contributed by atoms with Gasteiger partial charge >= 0.3 is 0 Å². The van der Waals surface area contributed by atoms with Gasteiger partial charge in [0.1, 0.15) is 0 Å². The summed E-state index contributed by atoms with van der Waals surface area (Å²) in [5.74, 6) is -0.176. The monoisotopic (exact) mass is 275 g/mol. The van der Waals surface area contributed by atoms with Crippen LogP contribution in [0.25, 0.3) is 0 Å². The first kappa shape index (κ1) is 14.7. The van der Waals surface area contributed by atoms with E-state index in [-0.39, 0.29) is 30.6 Å². The lowest BCUT2D eigenvalue weighted by atomic mass is 9.92. The van der Waals surface area contributed by atoms with Gasteiger partial charge in [-0.3, -0.25) is 9.59 Å². The molecule has 1 fully saturated rings. The predicted molar refractivity (Wildman–Crippen MR) is 76.4 cm³/mol. The Morgan fingerprint density at radius 3 is 2.50 bits per heavy atom. The van der Waals surface area contributed by atoms with Crippen molar-refractivity contribution in [3.05, 3.63) is 35.9 Å². The van der Waals surface area contributed by atoms with E-state index in [1.807, 2.05) is 18.2 Å². The summed E-state index contributed by atoms with van der Waals surface area (Å²) in [7, 11) is 0. The zero-order chi connectivity index (χ0) is 14.4. The van der Waals surface area contributed by atoms with Crippen molar-refractivity contribution in [1.29, 1.82) is 0 Å². The Hall–Kier alpha value is -1.68. The molecule has 0 bridgehead atoms. The van der Waals surface area contributed by atoms with Gasteiger partial charge in [-0.2, -0.15) is 0 Å². The summed E-state index contributed by atoms with van der Waals surface area (Å²) in [6.07, 6.45) is 3.55. The molecule has 2 N–H and O–H groups in total. The summed E-state index contributed by atoms with van der Waals surface area (Å²) < 4.78 is 0. The maximum atomic E-state index is 11.9. The Labute approximate surface area is 119 Å². The average Bonchev–Trinajstić information content (AvgIpc) is 2.48. The van der Waals surface area contributed by atoms with Gasteiger partial charge in [0.2, 0.25) is 5.91 Å². The number of carbonyl (C=O) groups is 2. The molecule has 1 aromatic rings. The van der Waals surface area contributed by atoms with Crippen LogP contribution in [0.2, 0.25) is 0 Å². The first-order chi connectivity index (χ1) is 9.66. The predicted octanol–water partition coefficient (Wildman–Crippen LogP) is 2.07. The van der Waals surface area contributed by atoms with Crippen molar-refractivity contribution < 1.29 is 14.7 Å². The van der Waals surface area contributed by atoms with Crippen molar-refractivity contribution in [2.45, 2.75) is 50.7 Å². The fourth-order valence-electron chi connectivity index (χ4n) is 2.55. The minimum atomic E-state index is -0.447. The number of ketones is 1. The first-order valence-electron chi connectivity index (χ1n) is 7.22. The molecule has 1 saturated carbocycles.